The minimum Gasteiger partial charge on any atom is -0.354 e. The lowest BCUT2D eigenvalue weighted by Crippen LogP contribution is -2.33. The first-order valence-electron chi connectivity index (χ1n) is 5.76. The molecule has 17 heavy (non-hydrogen) atoms. The highest BCUT2D eigenvalue weighted by Crippen LogP contribution is 2.25. The molecule has 1 aliphatic rings. The number of carbonyl (C=O) groups is 2. The van der Waals surface area contributed by atoms with Crippen molar-refractivity contribution < 1.29 is 9.59 Å². The standard InChI is InChI=1S/C13H16N2O2/c1-10(11-5-3-2-4-6-11)15-8-12(14-9-16)7-13(15)17/h2-6,9-10,12H,7-8H2,1H3,(H,14,16)/t10-,12?/m1/s1. The van der Waals surface area contributed by atoms with Crippen LogP contribution in [0, 0.1) is 0 Å². The second kappa shape index (κ2) is 4.99. The number of amides is 2. The first kappa shape index (κ1) is 11.6. The lowest BCUT2D eigenvalue weighted by Gasteiger charge is -2.25. The SMILES string of the molecule is C[C@H](c1ccccc1)N1CC(NC=O)CC1=O. The van der Waals surface area contributed by atoms with Crippen molar-refractivity contribution in [2.45, 2.75) is 25.4 Å². The number of benzene rings is 1. The molecule has 1 heterocycles. The third-order valence-corrected chi connectivity index (χ3v) is 3.21. The first-order valence-corrected chi connectivity index (χ1v) is 5.76. The molecule has 0 bridgehead atoms. The normalized spacial score (nSPS) is 21.4. The lowest BCUT2D eigenvalue weighted by atomic mass is 10.1. The van der Waals surface area contributed by atoms with Gasteiger partial charge in [-0.15, -0.1) is 0 Å². The average Bonchev–Trinajstić information content (AvgIpc) is 2.71. The molecule has 0 saturated carbocycles. The molecule has 1 N–H and O–H groups in total. The van der Waals surface area contributed by atoms with Gasteiger partial charge in [0, 0.05) is 13.0 Å². The molecule has 0 radical (unpaired) electrons. The first-order chi connectivity index (χ1) is 8.22. The summed E-state index contributed by atoms with van der Waals surface area (Å²) >= 11 is 0. The molecular weight excluding hydrogens is 216 g/mol. The van der Waals surface area contributed by atoms with Crippen LogP contribution in [0.4, 0.5) is 0 Å². The number of carbonyl (C=O) groups excluding carboxylic acids is 2. The Morgan fingerprint density at radius 3 is 2.76 bits per heavy atom. The van der Waals surface area contributed by atoms with Crippen molar-refractivity contribution in [3.05, 3.63) is 35.9 Å². The van der Waals surface area contributed by atoms with Crippen molar-refractivity contribution in [2.75, 3.05) is 6.54 Å². The molecule has 2 rings (SSSR count). The molecule has 2 atom stereocenters. The van der Waals surface area contributed by atoms with Crippen molar-refractivity contribution in [3.8, 4) is 0 Å². The number of hydrogen-bond acceptors (Lipinski definition) is 2. The second-order valence-electron chi connectivity index (χ2n) is 4.32. The smallest absolute Gasteiger partial charge is 0.225 e. The van der Waals surface area contributed by atoms with Gasteiger partial charge in [-0.2, -0.15) is 0 Å². The molecule has 2 amide bonds. The van der Waals surface area contributed by atoms with Crippen LogP contribution < -0.4 is 5.32 Å². The fourth-order valence-electron chi connectivity index (χ4n) is 2.23. The fraction of sp³-hybridized carbons (Fsp3) is 0.385. The number of hydrogen-bond donors (Lipinski definition) is 1. The maximum Gasteiger partial charge on any atom is 0.225 e. The minimum atomic E-state index is -0.0498. The van der Waals surface area contributed by atoms with E-state index in [4.69, 9.17) is 0 Å². The van der Waals surface area contributed by atoms with Crippen molar-refractivity contribution in [2.24, 2.45) is 0 Å². The Morgan fingerprint density at radius 1 is 1.41 bits per heavy atom. The molecule has 1 saturated heterocycles. The molecule has 1 aromatic rings. The average molecular weight is 232 g/mol. The third-order valence-electron chi connectivity index (χ3n) is 3.21. The topological polar surface area (TPSA) is 49.4 Å². The Hall–Kier alpha value is -1.84. The van der Waals surface area contributed by atoms with E-state index in [-0.39, 0.29) is 18.0 Å². The minimum absolute atomic E-state index is 0.0498. The number of rotatable bonds is 4. The molecule has 0 spiro atoms. The predicted octanol–water partition coefficient (Wildman–Crippen LogP) is 1.09. The van der Waals surface area contributed by atoms with Gasteiger partial charge in [0.05, 0.1) is 12.1 Å². The quantitative estimate of drug-likeness (QED) is 0.790. The van der Waals surface area contributed by atoms with Gasteiger partial charge in [0.1, 0.15) is 0 Å². The van der Waals surface area contributed by atoms with Crippen molar-refractivity contribution in [1.29, 1.82) is 0 Å². The van der Waals surface area contributed by atoms with Gasteiger partial charge in [-0.05, 0) is 12.5 Å². The Kier molecular flexibility index (Phi) is 3.42. The van der Waals surface area contributed by atoms with E-state index >= 15 is 0 Å². The Labute approximate surface area is 101 Å². The summed E-state index contributed by atoms with van der Waals surface area (Å²) in [5.41, 5.74) is 1.12. The predicted molar refractivity (Wildman–Crippen MR) is 64.2 cm³/mol. The van der Waals surface area contributed by atoms with Gasteiger partial charge >= 0.3 is 0 Å². The van der Waals surface area contributed by atoms with Gasteiger partial charge in [0.15, 0.2) is 0 Å². The van der Waals surface area contributed by atoms with Gasteiger partial charge in [-0.25, -0.2) is 0 Å². The van der Waals surface area contributed by atoms with E-state index in [1.807, 2.05) is 42.2 Å². The van der Waals surface area contributed by atoms with E-state index in [1.165, 1.54) is 0 Å². The molecule has 1 aliphatic heterocycles. The molecule has 1 unspecified atom stereocenters. The number of likely N-dealkylation sites (tertiary alicyclic amines) is 1. The number of nitrogens with zero attached hydrogens (tertiary/aromatic N) is 1. The van der Waals surface area contributed by atoms with Gasteiger partial charge < -0.3 is 10.2 Å². The molecular formula is C13H16N2O2. The van der Waals surface area contributed by atoms with Crippen LogP contribution >= 0.6 is 0 Å². The maximum atomic E-state index is 11.8. The molecule has 90 valence electrons. The summed E-state index contributed by atoms with van der Waals surface area (Å²) in [6, 6.07) is 9.92. The Bertz CT molecular complexity index is 405. The van der Waals surface area contributed by atoms with Crippen LogP contribution in [0.2, 0.25) is 0 Å². The summed E-state index contributed by atoms with van der Waals surface area (Å²) < 4.78 is 0. The molecule has 1 aromatic carbocycles. The van der Waals surface area contributed by atoms with Crippen LogP contribution in [0.1, 0.15) is 24.9 Å². The van der Waals surface area contributed by atoms with Crippen LogP contribution in [-0.2, 0) is 9.59 Å². The summed E-state index contributed by atoms with van der Waals surface area (Å²) in [6.45, 7) is 2.60. The highest BCUT2D eigenvalue weighted by Gasteiger charge is 2.32. The number of nitrogens with one attached hydrogen (secondary N) is 1. The van der Waals surface area contributed by atoms with Gasteiger partial charge in [0.25, 0.3) is 0 Å². The second-order valence-corrected chi connectivity index (χ2v) is 4.32. The maximum absolute atomic E-state index is 11.8. The highest BCUT2D eigenvalue weighted by molar-refractivity contribution is 5.80. The highest BCUT2D eigenvalue weighted by atomic mass is 16.2. The van der Waals surface area contributed by atoms with Crippen molar-refractivity contribution >= 4 is 12.3 Å². The molecule has 0 aliphatic carbocycles. The summed E-state index contributed by atoms with van der Waals surface area (Å²) in [5.74, 6) is 0.0979. The van der Waals surface area contributed by atoms with E-state index in [0.29, 0.717) is 19.4 Å². The summed E-state index contributed by atoms with van der Waals surface area (Å²) in [7, 11) is 0. The largest absolute Gasteiger partial charge is 0.354 e. The Morgan fingerprint density at radius 2 is 2.12 bits per heavy atom. The van der Waals surface area contributed by atoms with Crippen LogP contribution in [-0.4, -0.2) is 29.8 Å². The summed E-state index contributed by atoms with van der Waals surface area (Å²) in [5, 5.41) is 2.67. The van der Waals surface area contributed by atoms with Crippen LogP contribution in [0.5, 0.6) is 0 Å². The molecule has 4 nitrogen and oxygen atoms in total. The third kappa shape index (κ3) is 2.46. The summed E-state index contributed by atoms with van der Waals surface area (Å²) in [4.78, 5) is 24.0. The summed E-state index contributed by atoms with van der Waals surface area (Å²) in [6.07, 6.45) is 1.06. The molecule has 1 fully saturated rings. The zero-order valence-corrected chi connectivity index (χ0v) is 9.80. The Balaban J connectivity index is 2.08. The van der Waals surface area contributed by atoms with E-state index in [2.05, 4.69) is 5.32 Å². The van der Waals surface area contributed by atoms with Crippen molar-refractivity contribution in [3.63, 3.8) is 0 Å². The van der Waals surface area contributed by atoms with Gasteiger partial charge in [0.2, 0.25) is 12.3 Å². The fourth-order valence-corrected chi connectivity index (χ4v) is 2.23. The van der Waals surface area contributed by atoms with E-state index in [0.717, 1.165) is 5.56 Å². The van der Waals surface area contributed by atoms with Crippen LogP contribution in [0.3, 0.4) is 0 Å². The van der Waals surface area contributed by atoms with Gasteiger partial charge in [-0.3, -0.25) is 9.59 Å². The van der Waals surface area contributed by atoms with Gasteiger partial charge in [-0.1, -0.05) is 30.3 Å². The van der Waals surface area contributed by atoms with E-state index in [1.54, 1.807) is 0 Å². The molecule has 4 heteroatoms. The zero-order valence-electron chi connectivity index (χ0n) is 9.80. The monoisotopic (exact) mass is 232 g/mol. The lowest BCUT2D eigenvalue weighted by molar-refractivity contribution is -0.129. The van der Waals surface area contributed by atoms with E-state index < -0.39 is 0 Å². The molecule has 0 aromatic heterocycles. The van der Waals surface area contributed by atoms with Crippen LogP contribution in [0.25, 0.3) is 0 Å². The van der Waals surface area contributed by atoms with Crippen LogP contribution in [0.15, 0.2) is 30.3 Å². The zero-order chi connectivity index (χ0) is 12.3. The van der Waals surface area contributed by atoms with E-state index in [9.17, 15) is 9.59 Å². The van der Waals surface area contributed by atoms with Crippen molar-refractivity contribution in [1.82, 2.24) is 10.2 Å².